The standard InChI is InChI=1S/C28H31N3O4/c1-20(2)31(27(32)23-16-14-22(15-17-23)25-12-8-18-34-25)19-24-11-7-6-10-21(24)9-4-3-5-13-26-29-30-28(33)35-26/h6-8,10-12,14-18,20H,3-5,9,13,19H2,1-2H3,(H,30,33)/i19D. The van der Waals surface area contributed by atoms with Gasteiger partial charge >= 0.3 is 5.76 Å². The quantitative estimate of drug-likeness (QED) is 0.285. The molecule has 182 valence electrons. The molecule has 4 rings (SSSR count). The zero-order valence-electron chi connectivity index (χ0n) is 21.1. The number of furan rings is 1. The fraction of sp³-hybridized carbons (Fsp3) is 0.321. The van der Waals surface area contributed by atoms with Crippen molar-refractivity contribution < 1.29 is 15.0 Å². The van der Waals surface area contributed by atoms with Crippen LogP contribution in [-0.4, -0.2) is 27.0 Å². The van der Waals surface area contributed by atoms with E-state index < -0.39 is 12.3 Å². The molecule has 0 aliphatic rings. The zero-order chi connectivity index (χ0) is 25.5. The molecule has 7 nitrogen and oxygen atoms in total. The molecule has 1 amide bonds. The molecular formula is C28H31N3O4. The molecule has 7 heteroatoms. The molecule has 1 atom stereocenters. The van der Waals surface area contributed by atoms with E-state index in [4.69, 9.17) is 10.2 Å². The number of carbonyl (C=O) groups excluding carboxylic acids is 1. The van der Waals surface area contributed by atoms with Crippen molar-refractivity contribution in [3.63, 3.8) is 0 Å². The van der Waals surface area contributed by atoms with Gasteiger partial charge in [0.05, 0.1) is 7.63 Å². The highest BCUT2D eigenvalue weighted by atomic mass is 16.4. The summed E-state index contributed by atoms with van der Waals surface area (Å²) in [6, 6.07) is 18.7. The lowest BCUT2D eigenvalue weighted by Gasteiger charge is -2.28. The van der Waals surface area contributed by atoms with Gasteiger partial charge in [-0.25, -0.2) is 9.89 Å². The summed E-state index contributed by atoms with van der Waals surface area (Å²) in [4.78, 5) is 26.2. The van der Waals surface area contributed by atoms with Crippen molar-refractivity contribution >= 4 is 5.91 Å². The van der Waals surface area contributed by atoms with Crippen LogP contribution in [0.2, 0.25) is 0 Å². The summed E-state index contributed by atoms with van der Waals surface area (Å²) < 4.78 is 19.4. The van der Waals surface area contributed by atoms with E-state index in [0.29, 0.717) is 17.9 Å². The Labute approximate surface area is 206 Å². The van der Waals surface area contributed by atoms with Crippen LogP contribution in [-0.2, 0) is 19.4 Å². The van der Waals surface area contributed by atoms with Gasteiger partial charge in [-0.3, -0.25) is 4.79 Å². The summed E-state index contributed by atoms with van der Waals surface area (Å²) in [5, 5.41) is 6.11. The summed E-state index contributed by atoms with van der Waals surface area (Å²) in [5.74, 6) is 0.468. The second kappa shape index (κ2) is 11.5. The van der Waals surface area contributed by atoms with Crippen LogP contribution in [0.3, 0.4) is 0 Å². The molecule has 0 fully saturated rings. The van der Waals surface area contributed by atoms with Crippen LogP contribution in [0.4, 0.5) is 0 Å². The lowest BCUT2D eigenvalue weighted by molar-refractivity contribution is 0.0690. The first-order valence-electron chi connectivity index (χ1n) is 12.5. The Bertz CT molecular complexity index is 1310. The van der Waals surface area contributed by atoms with Gasteiger partial charge in [0, 0.05) is 30.1 Å². The van der Waals surface area contributed by atoms with Crippen LogP contribution in [0, 0.1) is 0 Å². The van der Waals surface area contributed by atoms with Gasteiger partial charge in [-0.2, -0.15) is 0 Å². The van der Waals surface area contributed by atoms with Crippen molar-refractivity contribution in [2.24, 2.45) is 0 Å². The van der Waals surface area contributed by atoms with Crippen molar-refractivity contribution in [1.29, 1.82) is 0 Å². The van der Waals surface area contributed by atoms with Gasteiger partial charge in [-0.1, -0.05) is 42.8 Å². The molecule has 0 spiro atoms. The van der Waals surface area contributed by atoms with Crippen LogP contribution in [0.15, 0.2) is 80.6 Å². The van der Waals surface area contributed by atoms with Gasteiger partial charge in [0.25, 0.3) is 5.91 Å². The Morgan fingerprint density at radius 1 is 1.00 bits per heavy atom. The van der Waals surface area contributed by atoms with Crippen molar-refractivity contribution in [1.82, 2.24) is 15.1 Å². The SMILES string of the molecule is [2H]C(c1ccccc1CCCCCc1n[nH]c(=O)o1)N(C(=O)c1ccc(-c2ccco2)cc1)C(C)C. The average Bonchev–Trinajstić information content (AvgIpc) is 3.56. The Morgan fingerprint density at radius 3 is 2.40 bits per heavy atom. The first-order valence-corrected chi connectivity index (χ1v) is 11.9. The van der Waals surface area contributed by atoms with E-state index in [1.54, 1.807) is 23.3 Å². The number of carbonyl (C=O) groups is 1. The number of hydrogen-bond acceptors (Lipinski definition) is 5. The fourth-order valence-electron chi connectivity index (χ4n) is 3.98. The summed E-state index contributed by atoms with van der Waals surface area (Å²) in [6.07, 6.45) is 5.73. The van der Waals surface area contributed by atoms with Gasteiger partial charge in [0.2, 0.25) is 5.89 Å². The van der Waals surface area contributed by atoms with Gasteiger partial charge in [-0.15, -0.1) is 5.10 Å². The molecule has 1 N–H and O–H groups in total. The van der Waals surface area contributed by atoms with Gasteiger partial charge in [0.15, 0.2) is 0 Å². The summed E-state index contributed by atoms with van der Waals surface area (Å²) in [6.45, 7) is 3.05. The Morgan fingerprint density at radius 2 is 1.74 bits per heavy atom. The fourth-order valence-corrected chi connectivity index (χ4v) is 3.98. The van der Waals surface area contributed by atoms with Crippen LogP contribution in [0.5, 0.6) is 0 Å². The molecule has 0 bridgehead atoms. The smallest absolute Gasteiger partial charge is 0.434 e. The minimum atomic E-state index is -0.822. The first kappa shape index (κ1) is 22.9. The highest BCUT2D eigenvalue weighted by molar-refractivity contribution is 5.94. The Balaban J connectivity index is 1.42. The lowest BCUT2D eigenvalue weighted by Crippen LogP contribution is -2.36. The van der Waals surface area contributed by atoms with Crippen molar-refractivity contribution in [2.45, 2.75) is 58.5 Å². The number of H-pyrrole nitrogens is 1. The third-order valence-corrected chi connectivity index (χ3v) is 5.88. The molecule has 35 heavy (non-hydrogen) atoms. The molecule has 2 aromatic carbocycles. The van der Waals surface area contributed by atoms with E-state index in [1.165, 1.54) is 0 Å². The molecule has 0 saturated carbocycles. The van der Waals surface area contributed by atoms with Crippen LogP contribution >= 0.6 is 0 Å². The minimum absolute atomic E-state index is 0.152. The predicted octanol–water partition coefficient (Wildman–Crippen LogP) is 5.63. The van der Waals surface area contributed by atoms with Crippen molar-refractivity contribution in [2.75, 3.05) is 0 Å². The number of nitrogens with zero attached hydrogens (tertiary/aromatic N) is 2. The van der Waals surface area contributed by atoms with Gasteiger partial charge in [-0.05, 0) is 68.5 Å². The van der Waals surface area contributed by atoms with Crippen molar-refractivity contribution in [3.05, 3.63) is 100 Å². The summed E-state index contributed by atoms with van der Waals surface area (Å²) in [7, 11) is 0. The molecule has 0 saturated heterocycles. The average molecular weight is 475 g/mol. The number of aryl methyl sites for hydroxylation is 2. The van der Waals surface area contributed by atoms with Crippen LogP contribution in [0.25, 0.3) is 11.3 Å². The number of aromatic nitrogens is 2. The third-order valence-electron chi connectivity index (χ3n) is 5.88. The van der Waals surface area contributed by atoms with Crippen molar-refractivity contribution in [3.8, 4) is 11.3 Å². The first-order chi connectivity index (χ1) is 17.4. The predicted molar refractivity (Wildman–Crippen MR) is 134 cm³/mol. The van der Waals surface area contributed by atoms with E-state index in [0.717, 1.165) is 48.1 Å². The summed E-state index contributed by atoms with van der Waals surface area (Å²) in [5.41, 5.74) is 3.34. The van der Waals surface area contributed by atoms with E-state index in [2.05, 4.69) is 10.2 Å². The Hall–Kier alpha value is -3.87. The molecule has 4 aromatic rings. The highest BCUT2D eigenvalue weighted by Crippen LogP contribution is 2.22. The summed E-state index contributed by atoms with van der Waals surface area (Å²) >= 11 is 0. The van der Waals surface area contributed by atoms with Gasteiger partial charge in [0.1, 0.15) is 5.76 Å². The maximum absolute atomic E-state index is 13.5. The third kappa shape index (κ3) is 6.38. The number of unbranched alkanes of at least 4 members (excludes halogenated alkanes) is 2. The highest BCUT2D eigenvalue weighted by Gasteiger charge is 2.20. The number of amides is 1. The normalized spacial score (nSPS) is 12.5. The van der Waals surface area contributed by atoms with E-state index in [-0.39, 0.29) is 11.9 Å². The largest absolute Gasteiger partial charge is 0.464 e. The lowest BCUT2D eigenvalue weighted by atomic mass is 9.99. The van der Waals surface area contributed by atoms with E-state index in [9.17, 15) is 9.59 Å². The number of aromatic amines is 1. The molecule has 0 aliphatic heterocycles. The second-order valence-electron chi connectivity index (χ2n) is 8.76. The topological polar surface area (TPSA) is 92.3 Å². The number of benzene rings is 2. The van der Waals surface area contributed by atoms with Crippen LogP contribution < -0.4 is 5.76 Å². The molecule has 2 heterocycles. The minimum Gasteiger partial charge on any atom is -0.464 e. The number of nitrogens with one attached hydrogen (secondary N) is 1. The maximum Gasteiger partial charge on any atom is 0.434 e. The van der Waals surface area contributed by atoms with Gasteiger partial charge < -0.3 is 13.7 Å². The maximum atomic E-state index is 13.5. The Kier molecular flexibility index (Phi) is 7.53. The van der Waals surface area contributed by atoms with Crippen LogP contribution in [0.1, 0.15) is 61.9 Å². The molecular weight excluding hydrogens is 442 g/mol. The second-order valence-corrected chi connectivity index (χ2v) is 8.76. The number of rotatable bonds is 11. The van der Waals surface area contributed by atoms with E-state index >= 15 is 0 Å². The van der Waals surface area contributed by atoms with E-state index in [1.807, 2.05) is 62.4 Å². The monoisotopic (exact) mass is 474 g/mol. The zero-order valence-corrected chi connectivity index (χ0v) is 20.1. The molecule has 1 unspecified atom stereocenters. The molecule has 2 aromatic heterocycles. The molecule has 0 radical (unpaired) electrons. The number of hydrogen-bond donors (Lipinski definition) is 1. The molecule has 0 aliphatic carbocycles.